The molecule has 0 fully saturated rings. The second-order valence-electron chi connectivity index (χ2n) is 15.2. The van der Waals surface area contributed by atoms with Crippen LogP contribution in [0.5, 0.6) is 0 Å². The normalized spacial score (nSPS) is 30.3. The average Bonchev–Trinajstić information content (AvgIpc) is 2.92. The molecule has 1 aromatic carbocycles. The third-order valence-corrected chi connectivity index (χ3v) is 13.2. The van der Waals surface area contributed by atoms with Crippen molar-refractivity contribution in [2.24, 2.45) is 28.1 Å². The Hall–Kier alpha value is -2.60. The lowest BCUT2D eigenvalue weighted by Crippen LogP contribution is -2.58. The van der Waals surface area contributed by atoms with E-state index in [0.29, 0.717) is 17.8 Å². The molecule has 0 saturated heterocycles. The summed E-state index contributed by atoms with van der Waals surface area (Å²) >= 11 is 0. The minimum Gasteiger partial charge on any atom is -0.0992 e. The van der Waals surface area contributed by atoms with Gasteiger partial charge in [-0.15, -0.1) is 0 Å². The molecule has 3 aliphatic rings. The number of benzene rings is 1. The Labute approximate surface area is 265 Å². The zero-order chi connectivity index (χ0) is 32.4. The third-order valence-electron chi connectivity index (χ3n) is 13.2. The van der Waals surface area contributed by atoms with E-state index in [4.69, 9.17) is 13.2 Å². The van der Waals surface area contributed by atoms with Gasteiger partial charge >= 0.3 is 0 Å². The Kier molecular flexibility index (Phi) is 8.82. The maximum absolute atomic E-state index is 4.95. The van der Waals surface area contributed by atoms with Gasteiger partial charge in [0, 0.05) is 16.7 Å². The zero-order valence-corrected chi connectivity index (χ0v) is 29.7. The van der Waals surface area contributed by atoms with Gasteiger partial charge in [-0.3, -0.25) is 0 Å². The fraction of sp³-hybridized carbons (Fsp3) is 0.535. The molecule has 0 amide bonds. The Morgan fingerprint density at radius 2 is 1.49 bits per heavy atom. The predicted octanol–water partition coefficient (Wildman–Crippen LogP) is 12.8. The molecular weight excluding hydrogens is 516 g/mol. The number of hydrogen-bond donors (Lipinski definition) is 0. The Balaban J connectivity index is 1.93. The van der Waals surface area contributed by atoms with Crippen molar-refractivity contribution in [2.75, 3.05) is 0 Å². The highest BCUT2D eigenvalue weighted by molar-refractivity contribution is 5.88. The quantitative estimate of drug-likeness (QED) is 0.256. The average molecular weight is 577 g/mol. The van der Waals surface area contributed by atoms with Crippen LogP contribution in [0.15, 0.2) is 89.6 Å². The Morgan fingerprint density at radius 3 is 2.00 bits per heavy atom. The van der Waals surface area contributed by atoms with Gasteiger partial charge < -0.3 is 0 Å². The third kappa shape index (κ3) is 4.52. The van der Waals surface area contributed by atoms with Crippen molar-refractivity contribution in [3.05, 3.63) is 112 Å². The van der Waals surface area contributed by atoms with Crippen LogP contribution in [0.3, 0.4) is 0 Å². The molecule has 4 rings (SSSR count). The monoisotopic (exact) mass is 576 g/mol. The predicted molar refractivity (Wildman–Crippen MR) is 191 cm³/mol. The lowest BCUT2D eigenvalue weighted by molar-refractivity contribution is -0.0260. The summed E-state index contributed by atoms with van der Waals surface area (Å²) in [5.74, 6) is 1.14. The largest absolute Gasteiger partial charge is 0.0992 e. The molecule has 0 aromatic heterocycles. The van der Waals surface area contributed by atoms with Crippen LogP contribution in [-0.2, 0) is 6.42 Å². The maximum Gasteiger partial charge on any atom is 0.0196 e. The van der Waals surface area contributed by atoms with Crippen LogP contribution >= 0.6 is 0 Å². The van der Waals surface area contributed by atoms with Gasteiger partial charge in [-0.1, -0.05) is 134 Å². The second-order valence-corrected chi connectivity index (χ2v) is 15.2. The molecule has 0 spiro atoms. The van der Waals surface area contributed by atoms with E-state index in [1.165, 1.54) is 66.8 Å². The Bertz CT molecular complexity index is 1460. The molecule has 0 heteroatoms. The first kappa shape index (κ1) is 33.3. The van der Waals surface area contributed by atoms with Crippen molar-refractivity contribution in [1.82, 2.24) is 0 Å². The minimum absolute atomic E-state index is 0.0228. The highest BCUT2D eigenvalue weighted by Gasteiger charge is 2.64. The lowest BCUT2D eigenvalue weighted by Gasteiger charge is -2.67. The molecule has 0 N–H and O–H groups in total. The summed E-state index contributed by atoms with van der Waals surface area (Å²) < 4.78 is 0. The van der Waals surface area contributed by atoms with E-state index < -0.39 is 0 Å². The first-order valence-corrected chi connectivity index (χ1v) is 16.9. The summed E-state index contributed by atoms with van der Waals surface area (Å²) in [6.07, 6.45) is 6.42. The smallest absolute Gasteiger partial charge is 0.0196 e. The van der Waals surface area contributed by atoms with Crippen LogP contribution in [-0.4, -0.2) is 0 Å². The van der Waals surface area contributed by atoms with Gasteiger partial charge in [0.15, 0.2) is 0 Å². The fourth-order valence-corrected chi connectivity index (χ4v) is 10.2. The van der Waals surface area contributed by atoms with Crippen molar-refractivity contribution in [2.45, 2.75) is 121 Å². The summed E-state index contributed by atoms with van der Waals surface area (Å²) in [4.78, 5) is 0. The summed E-state index contributed by atoms with van der Waals surface area (Å²) in [5, 5.41) is 0. The summed E-state index contributed by atoms with van der Waals surface area (Å²) in [6.45, 7) is 49.5. The number of rotatable bonds is 9. The van der Waals surface area contributed by atoms with Crippen LogP contribution in [0.1, 0.15) is 130 Å². The Morgan fingerprint density at radius 1 is 0.930 bits per heavy atom. The number of fused-ring (bicyclic) bond motifs is 3. The number of allylic oxidation sites excluding steroid dienone is 9. The molecule has 0 bridgehead atoms. The van der Waals surface area contributed by atoms with Crippen LogP contribution in [0.4, 0.5) is 0 Å². The lowest BCUT2D eigenvalue weighted by atomic mass is 9.36. The van der Waals surface area contributed by atoms with Gasteiger partial charge in [0.25, 0.3) is 0 Å². The maximum atomic E-state index is 4.95. The van der Waals surface area contributed by atoms with E-state index in [2.05, 4.69) is 108 Å². The number of hydrogen-bond acceptors (Lipinski definition) is 0. The molecule has 0 heterocycles. The summed E-state index contributed by atoms with van der Waals surface area (Å²) in [7, 11) is 0. The van der Waals surface area contributed by atoms with Crippen molar-refractivity contribution < 1.29 is 0 Å². The first-order chi connectivity index (χ1) is 20.0. The van der Waals surface area contributed by atoms with Crippen molar-refractivity contribution in [3.8, 4) is 0 Å². The van der Waals surface area contributed by atoms with Crippen LogP contribution in [0.25, 0.3) is 5.57 Å². The van der Waals surface area contributed by atoms with Crippen LogP contribution < -0.4 is 0 Å². The van der Waals surface area contributed by atoms with Crippen molar-refractivity contribution in [3.63, 3.8) is 0 Å². The summed E-state index contributed by atoms with van der Waals surface area (Å²) in [5.41, 5.74) is 17.5. The van der Waals surface area contributed by atoms with E-state index in [1.54, 1.807) is 0 Å². The van der Waals surface area contributed by atoms with Gasteiger partial charge in [0.1, 0.15) is 0 Å². The molecular formula is C43H60. The van der Waals surface area contributed by atoms with Crippen molar-refractivity contribution in [1.29, 1.82) is 0 Å². The second kappa shape index (κ2) is 11.4. The topological polar surface area (TPSA) is 0 Å². The van der Waals surface area contributed by atoms with E-state index in [9.17, 15) is 0 Å². The zero-order valence-electron chi connectivity index (χ0n) is 29.7. The molecule has 1 aromatic rings. The van der Waals surface area contributed by atoms with Gasteiger partial charge in [0.2, 0.25) is 0 Å². The van der Waals surface area contributed by atoms with Gasteiger partial charge in [-0.05, 0) is 115 Å². The van der Waals surface area contributed by atoms with Crippen LogP contribution in [0.2, 0.25) is 0 Å². The SMILES string of the molecule is C=C(C)C1=C(C)C[C@@]2(C)[C@H](C)[C@]3(C)C(=C(C)[C@@]2(C)C1=C)C(=C)c1c(ccc(CC(C(=C)CCC)C(=C)CCC)c1C)[C@H]3C. The van der Waals surface area contributed by atoms with Gasteiger partial charge in [0.05, 0.1) is 0 Å². The molecule has 0 unspecified atom stereocenters. The molecule has 5 atom stereocenters. The van der Waals surface area contributed by atoms with Gasteiger partial charge in [-0.25, -0.2) is 0 Å². The molecule has 232 valence electrons. The van der Waals surface area contributed by atoms with Gasteiger partial charge in [-0.2, -0.15) is 0 Å². The highest BCUT2D eigenvalue weighted by Crippen LogP contribution is 2.74. The molecule has 0 radical (unpaired) electrons. The molecule has 0 aliphatic heterocycles. The van der Waals surface area contributed by atoms with E-state index >= 15 is 0 Å². The molecule has 43 heavy (non-hydrogen) atoms. The van der Waals surface area contributed by atoms with E-state index in [1.807, 2.05) is 0 Å². The van der Waals surface area contributed by atoms with E-state index in [0.717, 1.165) is 44.1 Å². The molecule has 0 saturated carbocycles. The minimum atomic E-state index is -0.165. The highest BCUT2D eigenvalue weighted by atomic mass is 14.7. The molecule has 0 nitrogen and oxygen atoms in total. The fourth-order valence-electron chi connectivity index (χ4n) is 10.2. The van der Waals surface area contributed by atoms with Crippen LogP contribution in [0, 0.1) is 35.0 Å². The standard InChI is InChI=1S/C43H60/c1-17-19-26(5)37(27(6)20-18-2)23-35-21-22-36-31(10)42(15)34(13)41(14)24-28(7)38(25(3)4)32(11)43(41,16)33(12)40(42)30(9)39(36)29(35)8/h21-22,31,34,37H,3,5-6,9,11,17-20,23-24H2,1-2,4,7-8,10,12-16H3/t31-,34+,41+,42-,43-/m1/s1. The first-order valence-electron chi connectivity index (χ1n) is 16.9. The van der Waals surface area contributed by atoms with E-state index in [-0.39, 0.29) is 16.2 Å². The van der Waals surface area contributed by atoms with Crippen molar-refractivity contribution >= 4 is 5.57 Å². The summed E-state index contributed by atoms with van der Waals surface area (Å²) in [6, 6.07) is 4.86. The molecule has 3 aliphatic carbocycles.